The van der Waals surface area contributed by atoms with Crippen LogP contribution in [0.3, 0.4) is 0 Å². The Hall–Kier alpha value is -1.66. The SMILES string of the molecule is COCC1(C(=O)N2CCN(c3ccc(F)cc3)CC2)CCNC1. The van der Waals surface area contributed by atoms with Crippen LogP contribution in [0.15, 0.2) is 24.3 Å². The van der Waals surface area contributed by atoms with Gasteiger partial charge in [0.15, 0.2) is 0 Å². The van der Waals surface area contributed by atoms with Crippen LogP contribution in [0.1, 0.15) is 6.42 Å². The molecular weight excluding hydrogens is 297 g/mol. The first-order chi connectivity index (χ1) is 11.1. The molecule has 0 aromatic heterocycles. The highest BCUT2D eigenvalue weighted by molar-refractivity contribution is 5.84. The van der Waals surface area contributed by atoms with Crippen molar-refractivity contribution in [2.45, 2.75) is 6.42 Å². The third-order valence-corrected chi connectivity index (χ3v) is 4.88. The van der Waals surface area contributed by atoms with Gasteiger partial charge in [-0.3, -0.25) is 4.79 Å². The molecule has 5 nitrogen and oxygen atoms in total. The Bertz CT molecular complexity index is 535. The molecule has 2 aliphatic heterocycles. The van der Waals surface area contributed by atoms with Crippen molar-refractivity contribution in [1.29, 1.82) is 0 Å². The molecule has 0 aliphatic carbocycles. The number of piperazine rings is 1. The number of hydrogen-bond donors (Lipinski definition) is 1. The van der Waals surface area contributed by atoms with Gasteiger partial charge >= 0.3 is 0 Å². The minimum absolute atomic E-state index is 0.197. The second kappa shape index (κ2) is 6.84. The summed E-state index contributed by atoms with van der Waals surface area (Å²) in [7, 11) is 1.65. The lowest BCUT2D eigenvalue weighted by atomic mass is 9.86. The van der Waals surface area contributed by atoms with E-state index < -0.39 is 5.41 Å². The first-order valence-electron chi connectivity index (χ1n) is 8.14. The Morgan fingerprint density at radius 3 is 2.52 bits per heavy atom. The van der Waals surface area contributed by atoms with Gasteiger partial charge in [0.1, 0.15) is 5.82 Å². The minimum Gasteiger partial charge on any atom is -0.384 e. The number of carbonyl (C=O) groups is 1. The summed E-state index contributed by atoms with van der Waals surface area (Å²) in [6.45, 7) is 4.96. The zero-order valence-electron chi connectivity index (χ0n) is 13.6. The quantitative estimate of drug-likeness (QED) is 0.902. The average Bonchev–Trinajstić information content (AvgIpc) is 3.05. The number of halogens is 1. The van der Waals surface area contributed by atoms with Crippen molar-refractivity contribution in [2.75, 3.05) is 57.9 Å². The molecule has 126 valence electrons. The highest BCUT2D eigenvalue weighted by Gasteiger charge is 2.44. The van der Waals surface area contributed by atoms with Gasteiger partial charge in [0.05, 0.1) is 12.0 Å². The van der Waals surface area contributed by atoms with Crippen molar-refractivity contribution >= 4 is 11.6 Å². The van der Waals surface area contributed by atoms with Gasteiger partial charge in [-0.05, 0) is 37.2 Å². The summed E-state index contributed by atoms with van der Waals surface area (Å²) in [5.41, 5.74) is 0.597. The predicted molar refractivity (Wildman–Crippen MR) is 87.0 cm³/mol. The van der Waals surface area contributed by atoms with Gasteiger partial charge in [-0.1, -0.05) is 0 Å². The number of carbonyl (C=O) groups excluding carboxylic acids is 1. The van der Waals surface area contributed by atoms with Crippen molar-refractivity contribution < 1.29 is 13.9 Å². The number of anilines is 1. The average molecular weight is 321 g/mol. The van der Waals surface area contributed by atoms with E-state index >= 15 is 0 Å². The molecule has 0 radical (unpaired) electrons. The number of nitrogens with zero attached hydrogens (tertiary/aromatic N) is 2. The van der Waals surface area contributed by atoms with Crippen LogP contribution in [0.25, 0.3) is 0 Å². The molecule has 23 heavy (non-hydrogen) atoms. The molecule has 3 rings (SSSR count). The van der Waals surface area contributed by atoms with E-state index in [0.29, 0.717) is 26.2 Å². The van der Waals surface area contributed by atoms with Crippen LogP contribution in [-0.2, 0) is 9.53 Å². The van der Waals surface area contributed by atoms with Crippen LogP contribution in [-0.4, -0.2) is 63.8 Å². The van der Waals surface area contributed by atoms with E-state index in [1.54, 1.807) is 19.2 Å². The fraction of sp³-hybridized carbons (Fsp3) is 0.588. The molecule has 2 saturated heterocycles. The van der Waals surface area contributed by atoms with E-state index in [9.17, 15) is 9.18 Å². The van der Waals surface area contributed by atoms with Crippen LogP contribution in [0.2, 0.25) is 0 Å². The lowest BCUT2D eigenvalue weighted by Gasteiger charge is -2.40. The molecule has 2 fully saturated rings. The zero-order chi connectivity index (χ0) is 16.3. The zero-order valence-corrected chi connectivity index (χ0v) is 13.6. The van der Waals surface area contributed by atoms with Crippen LogP contribution in [0.5, 0.6) is 0 Å². The van der Waals surface area contributed by atoms with Crippen LogP contribution >= 0.6 is 0 Å². The maximum Gasteiger partial charge on any atom is 0.232 e. The lowest BCUT2D eigenvalue weighted by molar-refractivity contribution is -0.144. The van der Waals surface area contributed by atoms with E-state index in [4.69, 9.17) is 4.74 Å². The number of rotatable bonds is 4. The molecule has 1 aromatic rings. The molecular formula is C17H24FN3O2. The summed E-state index contributed by atoms with van der Waals surface area (Å²) in [5.74, 6) is -0.0269. The van der Waals surface area contributed by atoms with Crippen LogP contribution in [0, 0.1) is 11.2 Å². The number of hydrogen-bond acceptors (Lipinski definition) is 4. The molecule has 1 N–H and O–H groups in total. The summed E-state index contributed by atoms with van der Waals surface area (Å²) >= 11 is 0. The Balaban J connectivity index is 1.62. The van der Waals surface area contributed by atoms with Gasteiger partial charge < -0.3 is 19.9 Å². The van der Waals surface area contributed by atoms with Crippen LogP contribution in [0.4, 0.5) is 10.1 Å². The molecule has 1 amide bonds. The summed E-state index contributed by atoms with van der Waals surface area (Å²) in [6.07, 6.45) is 0.831. The number of ether oxygens (including phenoxy) is 1. The molecule has 6 heteroatoms. The van der Waals surface area contributed by atoms with Crippen LogP contribution < -0.4 is 10.2 Å². The van der Waals surface area contributed by atoms with Crippen molar-refractivity contribution in [1.82, 2.24) is 10.2 Å². The largest absolute Gasteiger partial charge is 0.384 e. The minimum atomic E-state index is -0.410. The van der Waals surface area contributed by atoms with Gasteiger partial charge in [0.2, 0.25) is 5.91 Å². The van der Waals surface area contributed by atoms with Gasteiger partial charge in [-0.2, -0.15) is 0 Å². The lowest BCUT2D eigenvalue weighted by Crippen LogP contribution is -2.55. The van der Waals surface area contributed by atoms with E-state index in [-0.39, 0.29) is 11.7 Å². The van der Waals surface area contributed by atoms with E-state index in [0.717, 1.165) is 31.7 Å². The van der Waals surface area contributed by atoms with Gasteiger partial charge in [-0.25, -0.2) is 4.39 Å². The monoisotopic (exact) mass is 321 g/mol. The molecule has 0 spiro atoms. The molecule has 2 aliphatic rings. The Labute approximate surface area is 136 Å². The summed E-state index contributed by atoms with van der Waals surface area (Å²) in [6, 6.07) is 6.54. The van der Waals surface area contributed by atoms with Crippen molar-refractivity contribution in [2.24, 2.45) is 5.41 Å². The maximum atomic E-state index is 13.0. The fourth-order valence-electron chi connectivity index (χ4n) is 3.54. The van der Waals surface area contributed by atoms with E-state index in [1.807, 2.05) is 4.90 Å². The standard InChI is InChI=1S/C17H24FN3O2/c1-23-13-17(6-7-19-12-17)16(22)21-10-8-20(9-11-21)15-4-2-14(18)3-5-15/h2-5,19H,6-13H2,1H3. The molecule has 1 unspecified atom stereocenters. The number of nitrogens with one attached hydrogen (secondary N) is 1. The number of benzene rings is 1. The second-order valence-corrected chi connectivity index (χ2v) is 6.40. The first-order valence-corrected chi connectivity index (χ1v) is 8.14. The van der Waals surface area contributed by atoms with E-state index in [2.05, 4.69) is 10.2 Å². The third kappa shape index (κ3) is 3.33. The first kappa shape index (κ1) is 16.2. The number of methoxy groups -OCH3 is 1. The molecule has 1 atom stereocenters. The Morgan fingerprint density at radius 1 is 1.26 bits per heavy atom. The molecule has 2 heterocycles. The normalized spacial score (nSPS) is 25.0. The van der Waals surface area contributed by atoms with Crippen molar-refractivity contribution in [3.05, 3.63) is 30.1 Å². The highest BCUT2D eigenvalue weighted by Crippen LogP contribution is 2.29. The fourth-order valence-corrected chi connectivity index (χ4v) is 3.54. The molecule has 0 saturated carbocycles. The van der Waals surface area contributed by atoms with Gasteiger partial charge in [0, 0.05) is 45.5 Å². The molecule has 0 bridgehead atoms. The van der Waals surface area contributed by atoms with Gasteiger partial charge in [0.25, 0.3) is 0 Å². The highest BCUT2D eigenvalue weighted by atomic mass is 19.1. The summed E-state index contributed by atoms with van der Waals surface area (Å²) < 4.78 is 18.3. The summed E-state index contributed by atoms with van der Waals surface area (Å²) in [5, 5.41) is 3.28. The maximum absolute atomic E-state index is 13.0. The molecule has 1 aromatic carbocycles. The van der Waals surface area contributed by atoms with Crippen molar-refractivity contribution in [3.63, 3.8) is 0 Å². The number of amides is 1. The second-order valence-electron chi connectivity index (χ2n) is 6.40. The summed E-state index contributed by atoms with van der Waals surface area (Å²) in [4.78, 5) is 17.1. The van der Waals surface area contributed by atoms with Crippen molar-refractivity contribution in [3.8, 4) is 0 Å². The Kier molecular flexibility index (Phi) is 4.82. The topological polar surface area (TPSA) is 44.8 Å². The third-order valence-electron chi connectivity index (χ3n) is 4.88. The van der Waals surface area contributed by atoms with E-state index in [1.165, 1.54) is 12.1 Å². The van der Waals surface area contributed by atoms with Gasteiger partial charge in [-0.15, -0.1) is 0 Å². The predicted octanol–water partition coefficient (Wildman–Crippen LogP) is 1.10. The smallest absolute Gasteiger partial charge is 0.232 e. The Morgan fingerprint density at radius 2 is 1.96 bits per heavy atom.